The number of benzene rings is 2. The van der Waals surface area contributed by atoms with Gasteiger partial charge in [0.1, 0.15) is 11.6 Å². The Balaban J connectivity index is 1.48. The van der Waals surface area contributed by atoms with Crippen LogP contribution >= 0.6 is 0 Å². The van der Waals surface area contributed by atoms with Crippen LogP contribution in [0.2, 0.25) is 0 Å². The van der Waals surface area contributed by atoms with Crippen LogP contribution < -0.4 is 14.4 Å². The van der Waals surface area contributed by atoms with Crippen molar-refractivity contribution in [3.63, 3.8) is 0 Å². The van der Waals surface area contributed by atoms with Gasteiger partial charge >= 0.3 is 0 Å². The number of pyridine rings is 1. The number of sulfonamides is 1. The number of aromatic nitrogens is 1. The fraction of sp³-hybridized carbons (Fsp3) is 0.292. The van der Waals surface area contributed by atoms with Gasteiger partial charge in [-0.15, -0.1) is 0 Å². The van der Waals surface area contributed by atoms with Gasteiger partial charge in [-0.3, -0.25) is 9.88 Å². The Labute approximate surface area is 193 Å². The largest absolute Gasteiger partial charge is 0.497 e. The highest BCUT2D eigenvalue weighted by Crippen LogP contribution is 2.25. The fourth-order valence-corrected chi connectivity index (χ4v) is 5.08. The van der Waals surface area contributed by atoms with Crippen molar-refractivity contribution in [3.8, 4) is 5.75 Å². The summed E-state index contributed by atoms with van der Waals surface area (Å²) in [6, 6.07) is 16.6. The van der Waals surface area contributed by atoms with E-state index in [-0.39, 0.29) is 23.3 Å². The van der Waals surface area contributed by atoms with E-state index in [0.717, 1.165) is 5.56 Å². The molecule has 1 saturated heterocycles. The number of nitrogens with one attached hydrogen (secondary N) is 1. The Hall–Kier alpha value is -3.01. The standard InChI is InChI=1S/C24H27FN4O3S/c1-32-20-8-10-21(11-9-20)33(30,31)27-18-24(19-5-4-12-26-17-19)29-15-13-28(14-16-29)23-7-3-2-6-22(23)25/h2-12,17,24,27H,13-16,18H2,1H3/t24-/m1/s1. The minimum Gasteiger partial charge on any atom is -0.497 e. The number of ether oxygens (including phenoxy) is 1. The summed E-state index contributed by atoms with van der Waals surface area (Å²) in [4.78, 5) is 8.63. The lowest BCUT2D eigenvalue weighted by Crippen LogP contribution is -2.50. The van der Waals surface area contributed by atoms with Crippen molar-refractivity contribution in [3.05, 3.63) is 84.4 Å². The summed E-state index contributed by atoms with van der Waals surface area (Å²) in [5.74, 6) is 0.358. The molecule has 0 unspecified atom stereocenters. The van der Waals surface area contributed by atoms with Gasteiger partial charge in [0.15, 0.2) is 0 Å². The Kier molecular flexibility index (Phi) is 7.22. The Bertz CT molecular complexity index is 1150. The molecule has 0 saturated carbocycles. The van der Waals surface area contributed by atoms with Crippen molar-refractivity contribution >= 4 is 15.7 Å². The predicted molar refractivity (Wildman–Crippen MR) is 125 cm³/mol. The van der Waals surface area contributed by atoms with Gasteiger partial charge in [0.2, 0.25) is 10.0 Å². The highest BCUT2D eigenvalue weighted by Gasteiger charge is 2.28. The highest BCUT2D eigenvalue weighted by atomic mass is 32.2. The predicted octanol–water partition coefficient (Wildman–Crippen LogP) is 3.07. The molecule has 2 heterocycles. The summed E-state index contributed by atoms with van der Waals surface area (Å²) in [7, 11) is -2.17. The van der Waals surface area contributed by atoms with Gasteiger partial charge in [0.05, 0.1) is 23.7 Å². The van der Waals surface area contributed by atoms with Crippen LogP contribution in [-0.4, -0.2) is 58.1 Å². The number of rotatable bonds is 8. The highest BCUT2D eigenvalue weighted by molar-refractivity contribution is 7.89. The Morgan fingerprint density at radius 1 is 1.03 bits per heavy atom. The summed E-state index contributed by atoms with van der Waals surface area (Å²) in [6.07, 6.45) is 3.45. The first kappa shape index (κ1) is 23.2. The third-order valence-electron chi connectivity index (χ3n) is 5.85. The van der Waals surface area contributed by atoms with Gasteiger partial charge in [-0.25, -0.2) is 17.5 Å². The van der Waals surface area contributed by atoms with Crippen LogP contribution in [-0.2, 0) is 10.0 Å². The molecule has 1 aromatic heterocycles. The van der Waals surface area contributed by atoms with Crippen molar-refractivity contribution in [2.45, 2.75) is 10.9 Å². The van der Waals surface area contributed by atoms with Gasteiger partial charge in [0, 0.05) is 45.1 Å². The lowest BCUT2D eigenvalue weighted by Gasteiger charge is -2.40. The Morgan fingerprint density at radius 3 is 2.39 bits per heavy atom. The van der Waals surface area contributed by atoms with Gasteiger partial charge in [0.25, 0.3) is 0 Å². The van der Waals surface area contributed by atoms with Gasteiger partial charge in [-0.2, -0.15) is 0 Å². The van der Waals surface area contributed by atoms with E-state index in [0.29, 0.717) is 37.6 Å². The lowest BCUT2D eigenvalue weighted by atomic mass is 10.1. The van der Waals surface area contributed by atoms with Crippen LogP contribution in [0, 0.1) is 5.82 Å². The minimum atomic E-state index is -3.70. The van der Waals surface area contributed by atoms with Crippen LogP contribution in [0.5, 0.6) is 5.75 Å². The van der Waals surface area contributed by atoms with E-state index in [4.69, 9.17) is 4.74 Å². The SMILES string of the molecule is COc1ccc(S(=O)(=O)NC[C@H](c2cccnc2)N2CCN(c3ccccc3F)CC2)cc1. The van der Waals surface area contributed by atoms with Crippen molar-refractivity contribution in [2.75, 3.05) is 44.7 Å². The normalized spacial score (nSPS) is 15.9. The molecular weight excluding hydrogens is 443 g/mol. The van der Waals surface area contributed by atoms with Crippen molar-refractivity contribution in [2.24, 2.45) is 0 Å². The monoisotopic (exact) mass is 470 g/mol. The number of piperazine rings is 1. The number of para-hydroxylation sites is 1. The molecular formula is C24H27FN4O3S. The van der Waals surface area contributed by atoms with Crippen LogP contribution in [0.15, 0.2) is 78.0 Å². The summed E-state index contributed by atoms with van der Waals surface area (Å²) in [5, 5.41) is 0. The molecule has 174 valence electrons. The number of anilines is 1. The number of nitrogens with zero attached hydrogens (tertiary/aromatic N) is 3. The quantitative estimate of drug-likeness (QED) is 0.546. The summed E-state index contributed by atoms with van der Waals surface area (Å²) < 4.78 is 47.8. The average Bonchev–Trinajstić information content (AvgIpc) is 2.85. The first-order valence-corrected chi connectivity index (χ1v) is 12.2. The maximum Gasteiger partial charge on any atom is 0.240 e. The molecule has 7 nitrogen and oxygen atoms in total. The molecule has 1 fully saturated rings. The van der Waals surface area contributed by atoms with Crippen LogP contribution in [0.4, 0.5) is 10.1 Å². The maximum absolute atomic E-state index is 14.2. The zero-order valence-electron chi connectivity index (χ0n) is 18.4. The third-order valence-corrected chi connectivity index (χ3v) is 7.29. The molecule has 4 rings (SSSR count). The van der Waals surface area contributed by atoms with E-state index in [1.165, 1.54) is 25.3 Å². The number of hydrogen-bond donors (Lipinski definition) is 1. The fourth-order valence-electron chi connectivity index (χ4n) is 4.04. The molecule has 33 heavy (non-hydrogen) atoms. The number of methoxy groups -OCH3 is 1. The molecule has 1 N–H and O–H groups in total. The smallest absolute Gasteiger partial charge is 0.240 e. The molecule has 0 radical (unpaired) electrons. The molecule has 2 aromatic carbocycles. The van der Waals surface area contributed by atoms with E-state index >= 15 is 0 Å². The molecule has 3 aromatic rings. The van der Waals surface area contributed by atoms with Crippen LogP contribution in [0.3, 0.4) is 0 Å². The molecule has 9 heteroatoms. The summed E-state index contributed by atoms with van der Waals surface area (Å²) in [5.41, 5.74) is 1.52. The molecule has 1 aliphatic rings. The first-order chi connectivity index (χ1) is 16.0. The molecule has 1 atom stereocenters. The first-order valence-electron chi connectivity index (χ1n) is 10.7. The molecule has 0 amide bonds. The van der Waals surface area contributed by atoms with Gasteiger partial charge in [-0.05, 0) is 48.0 Å². The summed E-state index contributed by atoms with van der Waals surface area (Å²) in [6.45, 7) is 2.81. The lowest BCUT2D eigenvalue weighted by molar-refractivity contribution is 0.186. The zero-order valence-corrected chi connectivity index (χ0v) is 19.2. The minimum absolute atomic E-state index is 0.178. The van der Waals surface area contributed by atoms with E-state index in [2.05, 4.69) is 14.6 Å². The topological polar surface area (TPSA) is 74.8 Å². The second kappa shape index (κ2) is 10.3. The number of halogens is 1. The third kappa shape index (κ3) is 5.50. The molecule has 0 aliphatic carbocycles. The van der Waals surface area contributed by atoms with E-state index in [1.807, 2.05) is 23.1 Å². The second-order valence-corrected chi connectivity index (χ2v) is 9.57. The average molecular weight is 471 g/mol. The van der Waals surface area contributed by atoms with Gasteiger partial charge in [-0.1, -0.05) is 18.2 Å². The zero-order chi connectivity index (χ0) is 23.3. The van der Waals surface area contributed by atoms with Gasteiger partial charge < -0.3 is 9.64 Å². The number of hydrogen-bond acceptors (Lipinski definition) is 6. The van der Waals surface area contributed by atoms with Crippen LogP contribution in [0.25, 0.3) is 0 Å². The van der Waals surface area contributed by atoms with E-state index < -0.39 is 10.0 Å². The van der Waals surface area contributed by atoms with Crippen molar-refractivity contribution in [1.29, 1.82) is 0 Å². The maximum atomic E-state index is 14.2. The van der Waals surface area contributed by atoms with Crippen LogP contribution in [0.1, 0.15) is 11.6 Å². The molecule has 1 aliphatic heterocycles. The summed E-state index contributed by atoms with van der Waals surface area (Å²) >= 11 is 0. The molecule has 0 bridgehead atoms. The molecule has 0 spiro atoms. The second-order valence-electron chi connectivity index (χ2n) is 7.80. The van der Waals surface area contributed by atoms with Crippen molar-refractivity contribution in [1.82, 2.24) is 14.6 Å². The van der Waals surface area contributed by atoms with Crippen molar-refractivity contribution < 1.29 is 17.5 Å². The van der Waals surface area contributed by atoms with E-state index in [9.17, 15) is 12.8 Å². The van der Waals surface area contributed by atoms with E-state index in [1.54, 1.807) is 36.7 Å². The Morgan fingerprint density at radius 2 is 1.76 bits per heavy atom.